The highest BCUT2D eigenvalue weighted by molar-refractivity contribution is 9.10. The number of aryl methyl sites for hydroxylation is 2. The van der Waals surface area contributed by atoms with E-state index >= 15 is 0 Å². The Morgan fingerprint density at radius 1 is 1.60 bits per heavy atom. The minimum absolute atomic E-state index is 0.560. The second-order valence-electron chi connectivity index (χ2n) is 3.62. The average Bonchev–Trinajstić information content (AvgIpc) is 2.42. The van der Waals surface area contributed by atoms with Gasteiger partial charge in [-0.25, -0.2) is 0 Å². The van der Waals surface area contributed by atoms with E-state index in [2.05, 4.69) is 32.0 Å². The summed E-state index contributed by atoms with van der Waals surface area (Å²) in [6.07, 6.45) is 0.560. The van der Waals surface area contributed by atoms with E-state index in [4.69, 9.17) is 5.26 Å². The van der Waals surface area contributed by atoms with Gasteiger partial charge in [0.1, 0.15) is 0 Å². The van der Waals surface area contributed by atoms with Gasteiger partial charge in [-0.15, -0.1) is 0 Å². The van der Waals surface area contributed by atoms with Gasteiger partial charge in [0.05, 0.1) is 21.9 Å². The van der Waals surface area contributed by atoms with Gasteiger partial charge in [0.25, 0.3) is 0 Å². The number of nitrogens with zero attached hydrogens (tertiary/aromatic N) is 4. The molecule has 1 rings (SSSR count). The topological polar surface area (TPSA) is 44.9 Å². The van der Waals surface area contributed by atoms with Crippen molar-refractivity contribution in [1.29, 1.82) is 5.26 Å². The summed E-state index contributed by atoms with van der Waals surface area (Å²) in [5.41, 5.74) is 2.15. The molecule has 0 spiro atoms. The molecule has 0 radical (unpaired) electrons. The van der Waals surface area contributed by atoms with Crippen molar-refractivity contribution in [3.63, 3.8) is 0 Å². The zero-order valence-electron chi connectivity index (χ0n) is 9.29. The molecule has 4 nitrogen and oxygen atoms in total. The molecule has 0 atom stereocenters. The molecule has 0 amide bonds. The van der Waals surface area contributed by atoms with Crippen molar-refractivity contribution in [2.24, 2.45) is 7.05 Å². The molecule has 15 heavy (non-hydrogen) atoms. The van der Waals surface area contributed by atoms with Crippen molar-refractivity contribution >= 4 is 15.9 Å². The van der Waals surface area contributed by atoms with E-state index in [9.17, 15) is 0 Å². The Morgan fingerprint density at radius 3 is 2.73 bits per heavy atom. The molecule has 0 aliphatic heterocycles. The minimum Gasteiger partial charge on any atom is -0.299 e. The van der Waals surface area contributed by atoms with Gasteiger partial charge in [-0.05, 0) is 29.9 Å². The third-order valence-corrected chi connectivity index (χ3v) is 3.32. The Bertz CT molecular complexity index is 378. The van der Waals surface area contributed by atoms with Crippen molar-refractivity contribution in [3.05, 3.63) is 15.9 Å². The van der Waals surface area contributed by atoms with Crippen molar-refractivity contribution in [2.75, 3.05) is 13.6 Å². The first-order chi connectivity index (χ1) is 7.06. The number of hydrogen-bond donors (Lipinski definition) is 0. The van der Waals surface area contributed by atoms with Crippen LogP contribution >= 0.6 is 15.9 Å². The van der Waals surface area contributed by atoms with E-state index in [1.54, 1.807) is 0 Å². The van der Waals surface area contributed by atoms with Crippen molar-refractivity contribution < 1.29 is 0 Å². The largest absolute Gasteiger partial charge is 0.299 e. The molecule has 0 N–H and O–H groups in total. The van der Waals surface area contributed by atoms with E-state index in [0.717, 1.165) is 29.0 Å². The molecule has 1 aromatic heterocycles. The molecule has 0 aliphatic carbocycles. The van der Waals surface area contributed by atoms with Crippen LogP contribution in [-0.2, 0) is 13.6 Å². The van der Waals surface area contributed by atoms with Crippen LogP contribution in [0.3, 0.4) is 0 Å². The van der Waals surface area contributed by atoms with Crippen molar-refractivity contribution in [2.45, 2.75) is 19.9 Å². The summed E-state index contributed by atoms with van der Waals surface area (Å²) < 4.78 is 2.94. The Hall–Kier alpha value is -0.860. The molecule has 0 unspecified atom stereocenters. The smallest absolute Gasteiger partial charge is 0.0739 e. The first-order valence-corrected chi connectivity index (χ1v) is 5.59. The van der Waals surface area contributed by atoms with Gasteiger partial charge in [-0.2, -0.15) is 10.4 Å². The maximum absolute atomic E-state index is 8.49. The molecule has 0 saturated heterocycles. The summed E-state index contributed by atoms with van der Waals surface area (Å²) >= 11 is 3.52. The van der Waals surface area contributed by atoms with Crippen LogP contribution in [0.2, 0.25) is 0 Å². The first kappa shape index (κ1) is 12.2. The lowest BCUT2D eigenvalue weighted by Crippen LogP contribution is -2.20. The van der Waals surface area contributed by atoms with Gasteiger partial charge in [-0.1, -0.05) is 0 Å². The summed E-state index contributed by atoms with van der Waals surface area (Å²) in [5.74, 6) is 0. The number of rotatable bonds is 4. The zero-order valence-corrected chi connectivity index (χ0v) is 10.9. The van der Waals surface area contributed by atoms with Gasteiger partial charge >= 0.3 is 0 Å². The third kappa shape index (κ3) is 3.05. The molecule has 0 bridgehead atoms. The van der Waals surface area contributed by atoms with E-state index in [1.807, 2.05) is 25.7 Å². The van der Waals surface area contributed by atoms with Crippen molar-refractivity contribution in [3.8, 4) is 6.07 Å². The van der Waals surface area contributed by atoms with E-state index in [1.165, 1.54) is 0 Å². The van der Waals surface area contributed by atoms with Crippen LogP contribution in [0.5, 0.6) is 0 Å². The number of halogens is 1. The van der Waals surface area contributed by atoms with Crippen LogP contribution in [0, 0.1) is 18.3 Å². The Balaban J connectivity index is 2.68. The fourth-order valence-electron chi connectivity index (χ4n) is 1.43. The van der Waals surface area contributed by atoms with E-state index in [-0.39, 0.29) is 0 Å². The SMILES string of the molecule is Cc1nn(C)c(CN(C)CCC#N)c1Br. The number of aromatic nitrogens is 2. The molecule has 5 heteroatoms. The lowest BCUT2D eigenvalue weighted by atomic mass is 10.3. The molecule has 1 heterocycles. The van der Waals surface area contributed by atoms with Gasteiger partial charge in [-0.3, -0.25) is 9.58 Å². The summed E-state index contributed by atoms with van der Waals surface area (Å²) in [6, 6.07) is 2.14. The lowest BCUT2D eigenvalue weighted by Gasteiger charge is -2.15. The van der Waals surface area contributed by atoms with Crippen LogP contribution in [0.25, 0.3) is 0 Å². The van der Waals surface area contributed by atoms with E-state index in [0.29, 0.717) is 6.42 Å². The summed E-state index contributed by atoms with van der Waals surface area (Å²) in [6.45, 7) is 3.57. The monoisotopic (exact) mass is 270 g/mol. The molecule has 0 saturated carbocycles. The summed E-state index contributed by atoms with van der Waals surface area (Å²) in [4.78, 5) is 2.12. The second-order valence-corrected chi connectivity index (χ2v) is 4.41. The molecule has 0 aromatic carbocycles. The van der Waals surface area contributed by atoms with Crippen LogP contribution in [0.15, 0.2) is 4.47 Å². The molecular weight excluding hydrogens is 256 g/mol. The summed E-state index contributed by atoms with van der Waals surface area (Å²) in [7, 11) is 3.94. The van der Waals surface area contributed by atoms with Crippen LogP contribution in [0.1, 0.15) is 17.8 Å². The quantitative estimate of drug-likeness (QED) is 0.839. The predicted molar refractivity (Wildman–Crippen MR) is 62.2 cm³/mol. The van der Waals surface area contributed by atoms with Crippen LogP contribution < -0.4 is 0 Å². The fraction of sp³-hybridized carbons (Fsp3) is 0.600. The Morgan fingerprint density at radius 2 is 2.27 bits per heavy atom. The lowest BCUT2D eigenvalue weighted by molar-refractivity contribution is 0.324. The maximum atomic E-state index is 8.49. The van der Waals surface area contributed by atoms with E-state index < -0.39 is 0 Å². The average molecular weight is 271 g/mol. The molecule has 82 valence electrons. The maximum Gasteiger partial charge on any atom is 0.0739 e. The molecular formula is C10H15BrN4. The normalized spacial score (nSPS) is 10.7. The highest BCUT2D eigenvalue weighted by atomic mass is 79.9. The van der Waals surface area contributed by atoms with Crippen molar-refractivity contribution in [1.82, 2.24) is 14.7 Å². The van der Waals surface area contributed by atoms with Gasteiger partial charge < -0.3 is 0 Å². The van der Waals surface area contributed by atoms with Crippen LogP contribution in [0.4, 0.5) is 0 Å². The highest BCUT2D eigenvalue weighted by Crippen LogP contribution is 2.21. The van der Waals surface area contributed by atoms with Crippen LogP contribution in [-0.4, -0.2) is 28.3 Å². The molecule has 1 aromatic rings. The predicted octanol–water partition coefficient (Wildman–Crippen LogP) is 1.84. The highest BCUT2D eigenvalue weighted by Gasteiger charge is 2.12. The zero-order chi connectivity index (χ0) is 11.4. The fourth-order valence-corrected chi connectivity index (χ4v) is 1.89. The Kier molecular flexibility index (Phi) is 4.30. The first-order valence-electron chi connectivity index (χ1n) is 4.79. The standard InChI is InChI=1S/C10H15BrN4/c1-8-10(11)9(15(3)13-8)7-14(2)6-4-5-12/h4,6-7H2,1-3H3. The number of hydrogen-bond acceptors (Lipinski definition) is 3. The Labute approximate surface area is 98.6 Å². The molecule has 0 aliphatic rings. The van der Waals surface area contributed by atoms with Gasteiger partial charge in [0, 0.05) is 26.6 Å². The third-order valence-electron chi connectivity index (χ3n) is 2.29. The minimum atomic E-state index is 0.560. The molecule has 0 fully saturated rings. The second kappa shape index (κ2) is 5.29. The van der Waals surface area contributed by atoms with Gasteiger partial charge in [0.15, 0.2) is 0 Å². The number of nitriles is 1. The van der Waals surface area contributed by atoms with Gasteiger partial charge in [0.2, 0.25) is 0 Å². The summed E-state index contributed by atoms with van der Waals surface area (Å²) in [5, 5.41) is 12.8.